The molecule has 2 heteroatoms. The first kappa shape index (κ1) is 9.10. The molecule has 2 unspecified atom stereocenters. The van der Waals surface area contributed by atoms with E-state index in [1.165, 1.54) is 0 Å². The normalized spacial score (nSPS) is 38.6. The average molecular weight is 202 g/mol. The van der Waals surface area contributed by atoms with Gasteiger partial charge in [-0.1, -0.05) is 30.3 Å². The van der Waals surface area contributed by atoms with E-state index in [2.05, 4.69) is 0 Å². The van der Waals surface area contributed by atoms with E-state index in [-0.39, 0.29) is 11.8 Å². The highest BCUT2D eigenvalue weighted by Crippen LogP contribution is 2.57. The van der Waals surface area contributed by atoms with Crippen molar-refractivity contribution in [1.29, 1.82) is 0 Å². The van der Waals surface area contributed by atoms with Gasteiger partial charge in [-0.05, 0) is 23.8 Å². The van der Waals surface area contributed by atoms with Crippen molar-refractivity contribution in [3.63, 3.8) is 0 Å². The topological polar surface area (TPSA) is 37.3 Å². The van der Waals surface area contributed by atoms with Crippen LogP contribution in [0.4, 0.5) is 0 Å². The minimum Gasteiger partial charge on any atom is -0.385 e. The molecule has 2 atom stereocenters. The number of ketones is 1. The molecule has 1 N–H and O–H groups in total. The van der Waals surface area contributed by atoms with E-state index in [1.807, 2.05) is 30.3 Å². The van der Waals surface area contributed by atoms with Crippen LogP contribution in [0, 0.1) is 11.8 Å². The Labute approximate surface area is 88.9 Å². The maximum Gasteiger partial charge on any atom is 0.133 e. The molecule has 3 aliphatic rings. The zero-order chi connectivity index (χ0) is 10.5. The number of benzene rings is 1. The molecule has 15 heavy (non-hydrogen) atoms. The van der Waals surface area contributed by atoms with Crippen LogP contribution in [0.3, 0.4) is 0 Å². The summed E-state index contributed by atoms with van der Waals surface area (Å²) in [5.74, 6) is 0.633. The summed E-state index contributed by atoms with van der Waals surface area (Å²) >= 11 is 0. The summed E-state index contributed by atoms with van der Waals surface area (Å²) in [6.07, 6.45) is 2.13. The van der Waals surface area contributed by atoms with Crippen LogP contribution in [0.25, 0.3) is 0 Å². The maximum absolute atomic E-state index is 11.3. The molecular formula is C13H14O2. The maximum atomic E-state index is 11.3. The molecule has 78 valence electrons. The number of hydrogen-bond acceptors (Lipinski definition) is 2. The first-order chi connectivity index (χ1) is 7.21. The van der Waals surface area contributed by atoms with Gasteiger partial charge in [-0.15, -0.1) is 0 Å². The highest BCUT2D eigenvalue weighted by molar-refractivity contribution is 5.81. The number of aliphatic hydroxyl groups is 1. The summed E-state index contributed by atoms with van der Waals surface area (Å²) in [5.41, 5.74) is 0.272. The number of Topliss-reactive ketones (excluding diaryl/α,β-unsaturated/α-hetero) is 1. The van der Waals surface area contributed by atoms with Gasteiger partial charge in [-0.2, -0.15) is 0 Å². The first-order valence-corrected chi connectivity index (χ1v) is 5.51. The molecule has 1 aromatic rings. The van der Waals surface area contributed by atoms with E-state index >= 15 is 0 Å². The molecule has 3 fully saturated rings. The molecule has 3 aliphatic carbocycles. The standard InChI is InChI=1S/C13H14O2/c14-12-7-10-6-11(8-12)13(10,15)9-4-2-1-3-5-9/h1-5,10-11,15H,6-8H2. The summed E-state index contributed by atoms with van der Waals surface area (Å²) in [5, 5.41) is 10.6. The molecule has 2 nitrogen and oxygen atoms in total. The van der Waals surface area contributed by atoms with Gasteiger partial charge in [0.2, 0.25) is 0 Å². The summed E-state index contributed by atoms with van der Waals surface area (Å²) in [6, 6.07) is 9.78. The van der Waals surface area contributed by atoms with E-state index in [0.717, 1.165) is 12.0 Å². The second kappa shape index (κ2) is 2.92. The van der Waals surface area contributed by atoms with Gasteiger partial charge in [-0.3, -0.25) is 4.79 Å². The largest absolute Gasteiger partial charge is 0.385 e. The lowest BCUT2D eigenvalue weighted by Crippen LogP contribution is -2.57. The van der Waals surface area contributed by atoms with Gasteiger partial charge in [0, 0.05) is 12.8 Å². The molecule has 3 saturated carbocycles. The molecule has 0 aliphatic heterocycles. The fraction of sp³-hybridized carbons (Fsp3) is 0.462. The minimum atomic E-state index is -0.713. The van der Waals surface area contributed by atoms with Crippen molar-refractivity contribution in [2.75, 3.05) is 0 Å². The van der Waals surface area contributed by atoms with Gasteiger partial charge in [0.05, 0.1) is 5.60 Å². The Morgan fingerprint density at radius 2 is 1.73 bits per heavy atom. The second-order valence-electron chi connectivity index (χ2n) is 4.77. The van der Waals surface area contributed by atoms with Crippen LogP contribution >= 0.6 is 0 Å². The van der Waals surface area contributed by atoms with Crippen LogP contribution in [0.15, 0.2) is 30.3 Å². The van der Waals surface area contributed by atoms with Gasteiger partial charge in [0.25, 0.3) is 0 Å². The lowest BCUT2D eigenvalue weighted by molar-refractivity contribution is -0.188. The third kappa shape index (κ3) is 1.11. The Bertz CT molecular complexity index is 382. The Hall–Kier alpha value is -1.15. The smallest absolute Gasteiger partial charge is 0.133 e. The Morgan fingerprint density at radius 1 is 1.13 bits per heavy atom. The van der Waals surface area contributed by atoms with Gasteiger partial charge in [0.1, 0.15) is 5.78 Å². The van der Waals surface area contributed by atoms with E-state index < -0.39 is 5.60 Å². The highest BCUT2D eigenvalue weighted by atomic mass is 16.3. The van der Waals surface area contributed by atoms with E-state index in [0.29, 0.717) is 18.6 Å². The number of carbonyl (C=O) groups excluding carboxylic acids is 1. The van der Waals surface area contributed by atoms with Crippen LogP contribution < -0.4 is 0 Å². The molecule has 1 aromatic carbocycles. The lowest BCUT2D eigenvalue weighted by atomic mass is 9.51. The zero-order valence-corrected chi connectivity index (χ0v) is 8.52. The van der Waals surface area contributed by atoms with Gasteiger partial charge in [0.15, 0.2) is 0 Å². The van der Waals surface area contributed by atoms with E-state index in [4.69, 9.17) is 0 Å². The molecule has 0 amide bonds. The lowest BCUT2D eigenvalue weighted by Gasteiger charge is -2.56. The number of carbonyl (C=O) groups is 1. The fourth-order valence-corrected chi connectivity index (χ4v) is 3.16. The van der Waals surface area contributed by atoms with Crippen molar-refractivity contribution >= 4 is 5.78 Å². The molecule has 0 spiro atoms. The Balaban J connectivity index is 1.97. The molecule has 4 rings (SSSR count). The summed E-state index contributed by atoms with van der Waals surface area (Å²) in [4.78, 5) is 11.3. The first-order valence-electron chi connectivity index (χ1n) is 5.51. The van der Waals surface area contributed by atoms with Gasteiger partial charge < -0.3 is 5.11 Å². The van der Waals surface area contributed by atoms with Crippen LogP contribution in [0.5, 0.6) is 0 Å². The Morgan fingerprint density at radius 3 is 2.33 bits per heavy atom. The van der Waals surface area contributed by atoms with Crippen molar-refractivity contribution in [3.05, 3.63) is 35.9 Å². The van der Waals surface area contributed by atoms with Crippen molar-refractivity contribution in [2.45, 2.75) is 24.9 Å². The quantitative estimate of drug-likeness (QED) is 0.755. The average Bonchev–Trinajstić information content (AvgIpc) is 2.29. The second-order valence-corrected chi connectivity index (χ2v) is 4.77. The molecule has 2 bridgehead atoms. The molecular weight excluding hydrogens is 188 g/mol. The van der Waals surface area contributed by atoms with E-state index in [1.54, 1.807) is 0 Å². The summed E-state index contributed by atoms with van der Waals surface area (Å²) < 4.78 is 0. The third-order valence-corrected chi connectivity index (χ3v) is 4.00. The van der Waals surface area contributed by atoms with Crippen molar-refractivity contribution in [1.82, 2.24) is 0 Å². The summed E-state index contributed by atoms with van der Waals surface area (Å²) in [6.45, 7) is 0. The van der Waals surface area contributed by atoms with Crippen molar-refractivity contribution < 1.29 is 9.90 Å². The highest BCUT2D eigenvalue weighted by Gasteiger charge is 2.58. The van der Waals surface area contributed by atoms with E-state index in [9.17, 15) is 9.90 Å². The molecule has 0 radical (unpaired) electrons. The van der Waals surface area contributed by atoms with Crippen LogP contribution in [-0.2, 0) is 10.4 Å². The van der Waals surface area contributed by atoms with Crippen LogP contribution in [-0.4, -0.2) is 10.9 Å². The monoisotopic (exact) mass is 202 g/mol. The fourth-order valence-electron chi connectivity index (χ4n) is 3.16. The summed E-state index contributed by atoms with van der Waals surface area (Å²) in [7, 11) is 0. The minimum absolute atomic E-state index is 0.158. The number of rotatable bonds is 1. The number of fused-ring (bicyclic) bond motifs is 2. The van der Waals surface area contributed by atoms with Gasteiger partial charge >= 0.3 is 0 Å². The Kier molecular flexibility index (Phi) is 1.77. The van der Waals surface area contributed by atoms with Crippen LogP contribution in [0.2, 0.25) is 0 Å². The van der Waals surface area contributed by atoms with Gasteiger partial charge in [-0.25, -0.2) is 0 Å². The zero-order valence-electron chi connectivity index (χ0n) is 8.52. The SMILES string of the molecule is O=C1CC2CC(C1)C2(O)c1ccccc1. The van der Waals surface area contributed by atoms with Crippen molar-refractivity contribution in [3.8, 4) is 0 Å². The molecule has 0 aromatic heterocycles. The predicted molar refractivity (Wildman–Crippen MR) is 56.2 cm³/mol. The number of hydrogen-bond donors (Lipinski definition) is 1. The molecule has 0 heterocycles. The van der Waals surface area contributed by atoms with Crippen LogP contribution in [0.1, 0.15) is 24.8 Å². The predicted octanol–water partition coefficient (Wildman–Crippen LogP) is 1.87. The molecule has 0 saturated heterocycles. The third-order valence-electron chi connectivity index (χ3n) is 4.00. The van der Waals surface area contributed by atoms with Crippen molar-refractivity contribution in [2.24, 2.45) is 11.8 Å².